The molecule has 3 rings (SSSR count). The minimum atomic E-state index is 0.568. The highest BCUT2D eigenvalue weighted by atomic mass is 15.3. The Morgan fingerprint density at radius 2 is 2.25 bits per heavy atom. The number of hydrogen-bond donors (Lipinski definition) is 1. The third-order valence-electron chi connectivity index (χ3n) is 3.43. The van der Waals surface area contributed by atoms with Gasteiger partial charge in [-0.1, -0.05) is 0 Å². The van der Waals surface area contributed by atoms with Crippen LogP contribution in [0, 0.1) is 6.92 Å². The fourth-order valence-corrected chi connectivity index (χ4v) is 2.47. The minimum absolute atomic E-state index is 0.568. The van der Waals surface area contributed by atoms with E-state index in [1.54, 1.807) is 0 Å². The number of aromatic nitrogens is 2. The van der Waals surface area contributed by atoms with Crippen molar-refractivity contribution in [3.63, 3.8) is 0 Å². The molecule has 1 saturated carbocycles. The molecule has 1 aliphatic heterocycles. The standard InChI is InChI=1S/C12H20N4/c1-9-7-15(6-5-13-9)12-14-10(2)8-16(12)11-3-4-11/h8-9,11,13H,3-7H2,1-2H3. The molecule has 1 unspecified atom stereocenters. The van der Waals surface area contributed by atoms with E-state index in [0.29, 0.717) is 6.04 Å². The van der Waals surface area contributed by atoms with E-state index in [4.69, 9.17) is 4.98 Å². The summed E-state index contributed by atoms with van der Waals surface area (Å²) in [4.78, 5) is 7.11. The number of nitrogens with zero attached hydrogens (tertiary/aromatic N) is 3. The third kappa shape index (κ3) is 1.82. The highest BCUT2D eigenvalue weighted by molar-refractivity contribution is 5.36. The molecule has 1 aromatic rings. The molecule has 1 N–H and O–H groups in total. The van der Waals surface area contributed by atoms with E-state index in [-0.39, 0.29) is 0 Å². The van der Waals surface area contributed by atoms with Gasteiger partial charge >= 0.3 is 0 Å². The van der Waals surface area contributed by atoms with E-state index in [1.165, 1.54) is 18.8 Å². The number of rotatable bonds is 2. The summed E-state index contributed by atoms with van der Waals surface area (Å²) in [6.45, 7) is 7.55. The molecule has 2 heterocycles. The summed E-state index contributed by atoms with van der Waals surface area (Å²) in [7, 11) is 0. The monoisotopic (exact) mass is 220 g/mol. The fourth-order valence-electron chi connectivity index (χ4n) is 2.47. The van der Waals surface area contributed by atoms with Crippen LogP contribution in [0.3, 0.4) is 0 Å². The maximum absolute atomic E-state index is 4.69. The molecule has 2 fully saturated rings. The van der Waals surface area contributed by atoms with E-state index >= 15 is 0 Å². The van der Waals surface area contributed by atoms with E-state index in [1.807, 2.05) is 0 Å². The molecule has 0 bridgehead atoms. The first-order valence-corrected chi connectivity index (χ1v) is 6.28. The summed E-state index contributed by atoms with van der Waals surface area (Å²) in [5.41, 5.74) is 1.15. The van der Waals surface area contributed by atoms with Crippen LogP contribution in [0.5, 0.6) is 0 Å². The first-order chi connectivity index (χ1) is 7.74. The van der Waals surface area contributed by atoms with Crippen molar-refractivity contribution in [3.05, 3.63) is 11.9 Å². The first-order valence-electron chi connectivity index (χ1n) is 6.28. The molecule has 0 radical (unpaired) electrons. The number of piperazine rings is 1. The van der Waals surface area contributed by atoms with Gasteiger partial charge in [0.25, 0.3) is 0 Å². The average molecular weight is 220 g/mol. The largest absolute Gasteiger partial charge is 0.339 e. The van der Waals surface area contributed by atoms with E-state index in [2.05, 4.69) is 34.8 Å². The zero-order valence-electron chi connectivity index (χ0n) is 10.1. The Bertz CT molecular complexity index is 380. The van der Waals surface area contributed by atoms with Crippen LogP contribution in [-0.4, -0.2) is 35.2 Å². The van der Waals surface area contributed by atoms with Crippen molar-refractivity contribution in [2.24, 2.45) is 0 Å². The van der Waals surface area contributed by atoms with Crippen molar-refractivity contribution >= 4 is 5.95 Å². The van der Waals surface area contributed by atoms with Crippen LogP contribution >= 0.6 is 0 Å². The minimum Gasteiger partial charge on any atom is -0.339 e. The quantitative estimate of drug-likeness (QED) is 0.816. The van der Waals surface area contributed by atoms with Crippen LogP contribution in [0.1, 0.15) is 31.5 Å². The Balaban J connectivity index is 1.86. The molecule has 4 heteroatoms. The average Bonchev–Trinajstić information content (AvgIpc) is 3.02. The van der Waals surface area contributed by atoms with Gasteiger partial charge in [0.1, 0.15) is 0 Å². The molecule has 1 aliphatic carbocycles. The summed E-state index contributed by atoms with van der Waals surface area (Å²) >= 11 is 0. The van der Waals surface area contributed by atoms with Gasteiger partial charge in [-0.2, -0.15) is 0 Å². The Labute approximate surface area is 96.7 Å². The molecule has 1 atom stereocenters. The fraction of sp³-hybridized carbons (Fsp3) is 0.750. The van der Waals surface area contributed by atoms with Crippen molar-refractivity contribution in [2.75, 3.05) is 24.5 Å². The van der Waals surface area contributed by atoms with E-state index < -0.39 is 0 Å². The molecular formula is C12H20N4. The Morgan fingerprint density at radius 1 is 1.44 bits per heavy atom. The third-order valence-corrected chi connectivity index (χ3v) is 3.43. The molecule has 88 valence electrons. The van der Waals surface area contributed by atoms with Gasteiger partial charge in [-0.25, -0.2) is 4.98 Å². The van der Waals surface area contributed by atoms with Gasteiger partial charge in [-0.15, -0.1) is 0 Å². The number of anilines is 1. The van der Waals surface area contributed by atoms with E-state index in [0.717, 1.165) is 31.4 Å². The van der Waals surface area contributed by atoms with Crippen molar-refractivity contribution < 1.29 is 0 Å². The molecule has 1 saturated heterocycles. The number of aryl methyl sites for hydroxylation is 1. The second kappa shape index (κ2) is 3.77. The predicted molar refractivity (Wildman–Crippen MR) is 64.9 cm³/mol. The van der Waals surface area contributed by atoms with Gasteiger partial charge in [0, 0.05) is 37.9 Å². The van der Waals surface area contributed by atoms with Gasteiger partial charge in [0.05, 0.1) is 5.69 Å². The number of imidazole rings is 1. The molecule has 16 heavy (non-hydrogen) atoms. The second-order valence-electron chi connectivity index (χ2n) is 5.12. The highest BCUT2D eigenvalue weighted by Gasteiger charge is 2.29. The van der Waals surface area contributed by atoms with Crippen molar-refractivity contribution in [2.45, 2.75) is 38.8 Å². The predicted octanol–water partition coefficient (Wildman–Crippen LogP) is 1.32. The maximum atomic E-state index is 4.69. The van der Waals surface area contributed by atoms with Crippen LogP contribution in [0.2, 0.25) is 0 Å². The number of nitrogens with one attached hydrogen (secondary N) is 1. The Kier molecular flexibility index (Phi) is 2.39. The van der Waals surface area contributed by atoms with Crippen LogP contribution in [0.25, 0.3) is 0 Å². The smallest absolute Gasteiger partial charge is 0.206 e. The molecule has 0 aromatic carbocycles. The SMILES string of the molecule is Cc1cn(C2CC2)c(N2CCNC(C)C2)n1. The molecule has 2 aliphatic rings. The summed E-state index contributed by atoms with van der Waals surface area (Å²) in [5, 5.41) is 3.47. The van der Waals surface area contributed by atoms with Gasteiger partial charge < -0.3 is 14.8 Å². The lowest BCUT2D eigenvalue weighted by molar-refractivity contribution is 0.474. The molecule has 4 nitrogen and oxygen atoms in total. The molecule has 0 spiro atoms. The summed E-state index contributed by atoms with van der Waals surface area (Å²) < 4.78 is 2.38. The van der Waals surface area contributed by atoms with Crippen LogP contribution < -0.4 is 10.2 Å². The lowest BCUT2D eigenvalue weighted by atomic mass is 10.2. The van der Waals surface area contributed by atoms with Crippen molar-refractivity contribution in [1.29, 1.82) is 0 Å². The maximum Gasteiger partial charge on any atom is 0.206 e. The summed E-state index contributed by atoms with van der Waals surface area (Å²) in [6.07, 6.45) is 4.86. The second-order valence-corrected chi connectivity index (χ2v) is 5.12. The first kappa shape index (κ1) is 10.1. The lowest BCUT2D eigenvalue weighted by Crippen LogP contribution is -2.50. The Hall–Kier alpha value is -1.03. The summed E-state index contributed by atoms with van der Waals surface area (Å²) in [6, 6.07) is 1.29. The zero-order valence-corrected chi connectivity index (χ0v) is 10.1. The van der Waals surface area contributed by atoms with Gasteiger partial charge in [-0.3, -0.25) is 0 Å². The molecular weight excluding hydrogens is 200 g/mol. The van der Waals surface area contributed by atoms with Gasteiger partial charge in [0.2, 0.25) is 5.95 Å². The van der Waals surface area contributed by atoms with Crippen molar-refractivity contribution in [1.82, 2.24) is 14.9 Å². The number of hydrogen-bond acceptors (Lipinski definition) is 3. The molecule has 1 aromatic heterocycles. The van der Waals surface area contributed by atoms with Crippen LogP contribution in [-0.2, 0) is 0 Å². The van der Waals surface area contributed by atoms with Gasteiger partial charge in [0.15, 0.2) is 0 Å². The molecule has 0 amide bonds. The highest BCUT2D eigenvalue weighted by Crippen LogP contribution is 2.38. The zero-order chi connectivity index (χ0) is 11.1. The van der Waals surface area contributed by atoms with Gasteiger partial charge in [-0.05, 0) is 26.7 Å². The van der Waals surface area contributed by atoms with Crippen LogP contribution in [0.4, 0.5) is 5.95 Å². The lowest BCUT2D eigenvalue weighted by Gasteiger charge is -2.33. The normalized spacial score (nSPS) is 26.1. The topological polar surface area (TPSA) is 33.1 Å². The van der Waals surface area contributed by atoms with E-state index in [9.17, 15) is 0 Å². The van der Waals surface area contributed by atoms with Crippen LogP contribution in [0.15, 0.2) is 6.20 Å². The Morgan fingerprint density at radius 3 is 2.94 bits per heavy atom. The van der Waals surface area contributed by atoms with Crippen molar-refractivity contribution in [3.8, 4) is 0 Å². The summed E-state index contributed by atoms with van der Waals surface area (Å²) in [5.74, 6) is 1.19.